The van der Waals surface area contributed by atoms with Gasteiger partial charge in [-0.2, -0.15) is 4.73 Å². The highest BCUT2D eigenvalue weighted by Crippen LogP contribution is 2.09. The molecule has 1 aromatic heterocycles. The lowest BCUT2D eigenvalue weighted by Gasteiger charge is -2.05. The summed E-state index contributed by atoms with van der Waals surface area (Å²) in [6.45, 7) is 2.97. The summed E-state index contributed by atoms with van der Waals surface area (Å²) in [5.74, 6) is 0.778. The maximum absolute atomic E-state index is 10.8. The lowest BCUT2D eigenvalue weighted by atomic mass is 10.1. The Morgan fingerprint density at radius 3 is 2.38 bits per heavy atom. The average molecular weight is 223 g/mol. The largest absolute Gasteiger partial charge is 0.619 e. The summed E-state index contributed by atoms with van der Waals surface area (Å²) >= 11 is 0. The van der Waals surface area contributed by atoms with Gasteiger partial charge in [-0.3, -0.25) is 0 Å². The van der Waals surface area contributed by atoms with Crippen molar-refractivity contribution in [3.8, 4) is 5.75 Å². The van der Waals surface area contributed by atoms with Gasteiger partial charge in [0.2, 0.25) is 0 Å². The van der Waals surface area contributed by atoms with Gasteiger partial charge in [0.15, 0.2) is 12.4 Å². The van der Waals surface area contributed by atoms with Gasteiger partial charge in [0.1, 0.15) is 5.75 Å². The van der Waals surface area contributed by atoms with Gasteiger partial charge in [-0.15, -0.1) is 0 Å². The summed E-state index contributed by atoms with van der Waals surface area (Å²) < 4.78 is 6.28. The third kappa shape index (κ3) is 5.59. The zero-order valence-electron chi connectivity index (χ0n) is 10.0. The van der Waals surface area contributed by atoms with E-state index in [1.165, 1.54) is 44.5 Å². The fourth-order valence-electron chi connectivity index (χ4n) is 1.57. The van der Waals surface area contributed by atoms with E-state index in [2.05, 4.69) is 6.92 Å². The van der Waals surface area contributed by atoms with Crippen molar-refractivity contribution in [1.82, 2.24) is 0 Å². The van der Waals surface area contributed by atoms with Crippen molar-refractivity contribution < 1.29 is 9.47 Å². The van der Waals surface area contributed by atoms with E-state index in [1.807, 2.05) is 0 Å². The minimum absolute atomic E-state index is 0.745. The highest BCUT2D eigenvalue weighted by atomic mass is 16.5. The van der Waals surface area contributed by atoms with E-state index in [-0.39, 0.29) is 0 Å². The van der Waals surface area contributed by atoms with Crippen LogP contribution in [0.15, 0.2) is 24.5 Å². The van der Waals surface area contributed by atoms with Crippen molar-refractivity contribution in [2.24, 2.45) is 0 Å². The molecule has 0 radical (unpaired) electrons. The van der Waals surface area contributed by atoms with Gasteiger partial charge < -0.3 is 9.94 Å². The van der Waals surface area contributed by atoms with Crippen LogP contribution in [0.25, 0.3) is 0 Å². The number of aromatic nitrogens is 1. The molecule has 0 N–H and O–H groups in total. The highest BCUT2D eigenvalue weighted by molar-refractivity contribution is 5.14. The second-order valence-corrected chi connectivity index (χ2v) is 4.01. The topological polar surface area (TPSA) is 36.2 Å². The monoisotopic (exact) mass is 223 g/mol. The van der Waals surface area contributed by atoms with Crippen LogP contribution in [0.4, 0.5) is 0 Å². The Morgan fingerprint density at radius 1 is 1.06 bits per heavy atom. The minimum atomic E-state index is 0.745. The second kappa shape index (κ2) is 7.97. The molecule has 1 heterocycles. The van der Waals surface area contributed by atoms with Gasteiger partial charge in [-0.25, -0.2) is 0 Å². The summed E-state index contributed by atoms with van der Waals surface area (Å²) in [5.41, 5.74) is 0. The van der Waals surface area contributed by atoms with E-state index in [4.69, 9.17) is 4.74 Å². The summed E-state index contributed by atoms with van der Waals surface area (Å²) in [5, 5.41) is 10.8. The number of hydrogen-bond donors (Lipinski definition) is 0. The zero-order chi connectivity index (χ0) is 11.6. The summed E-state index contributed by atoms with van der Waals surface area (Å²) in [7, 11) is 0. The van der Waals surface area contributed by atoms with Crippen LogP contribution in [0.1, 0.15) is 45.4 Å². The number of hydrogen-bond acceptors (Lipinski definition) is 2. The highest BCUT2D eigenvalue weighted by Gasteiger charge is 1.95. The smallest absolute Gasteiger partial charge is 0.184 e. The van der Waals surface area contributed by atoms with Crippen LogP contribution in [0.2, 0.25) is 0 Å². The Morgan fingerprint density at radius 2 is 1.69 bits per heavy atom. The molecular formula is C13H21NO2. The van der Waals surface area contributed by atoms with E-state index in [9.17, 15) is 5.21 Å². The van der Waals surface area contributed by atoms with Crippen LogP contribution < -0.4 is 9.47 Å². The van der Waals surface area contributed by atoms with E-state index < -0.39 is 0 Å². The molecule has 0 aliphatic heterocycles. The first kappa shape index (κ1) is 12.8. The van der Waals surface area contributed by atoms with E-state index in [1.54, 1.807) is 12.1 Å². The zero-order valence-corrected chi connectivity index (χ0v) is 10.0. The van der Waals surface area contributed by atoms with Gasteiger partial charge >= 0.3 is 0 Å². The second-order valence-electron chi connectivity index (χ2n) is 4.01. The van der Waals surface area contributed by atoms with Gasteiger partial charge in [0, 0.05) is 12.1 Å². The molecule has 0 aliphatic rings. The fourth-order valence-corrected chi connectivity index (χ4v) is 1.57. The standard InChI is InChI=1S/C13H21NO2/c1-2-3-4-5-6-7-12-16-13-8-10-14(15)11-9-13/h8-11H,2-7,12H2,1H3. The molecule has 0 fully saturated rings. The molecule has 0 aliphatic carbocycles. The van der Waals surface area contributed by atoms with Gasteiger partial charge in [0.05, 0.1) is 6.61 Å². The van der Waals surface area contributed by atoms with Crippen LogP contribution in [0, 0.1) is 5.21 Å². The molecule has 1 rings (SSSR count). The third-order valence-electron chi connectivity index (χ3n) is 2.54. The molecule has 0 aromatic carbocycles. The van der Waals surface area contributed by atoms with Crippen molar-refractivity contribution in [3.05, 3.63) is 29.7 Å². The van der Waals surface area contributed by atoms with E-state index >= 15 is 0 Å². The van der Waals surface area contributed by atoms with Crippen molar-refractivity contribution in [1.29, 1.82) is 0 Å². The quantitative estimate of drug-likeness (QED) is 0.386. The first-order chi connectivity index (χ1) is 7.83. The molecule has 0 amide bonds. The maximum atomic E-state index is 10.8. The molecule has 0 saturated heterocycles. The maximum Gasteiger partial charge on any atom is 0.184 e. The van der Waals surface area contributed by atoms with Gasteiger partial charge in [-0.05, 0) is 6.42 Å². The predicted molar refractivity (Wildman–Crippen MR) is 64.3 cm³/mol. The van der Waals surface area contributed by atoms with E-state index in [0.717, 1.165) is 23.5 Å². The van der Waals surface area contributed by atoms with Crippen LogP contribution >= 0.6 is 0 Å². The molecule has 3 heteroatoms. The lowest BCUT2D eigenvalue weighted by Crippen LogP contribution is -2.23. The normalized spacial score (nSPS) is 10.3. The van der Waals surface area contributed by atoms with Crippen LogP contribution in [-0.4, -0.2) is 6.61 Å². The number of nitrogens with zero attached hydrogens (tertiary/aromatic N) is 1. The molecular weight excluding hydrogens is 202 g/mol. The third-order valence-corrected chi connectivity index (χ3v) is 2.54. The Balaban J connectivity index is 2.01. The molecule has 0 saturated carbocycles. The van der Waals surface area contributed by atoms with E-state index in [0.29, 0.717) is 0 Å². The molecule has 3 nitrogen and oxygen atoms in total. The molecule has 0 atom stereocenters. The number of rotatable bonds is 8. The molecule has 1 aromatic rings. The number of unbranched alkanes of at least 4 members (excludes halogenated alkanes) is 5. The Labute approximate surface area is 97.6 Å². The predicted octanol–water partition coefficient (Wildman–Crippen LogP) is 3.06. The van der Waals surface area contributed by atoms with Crippen molar-refractivity contribution in [2.45, 2.75) is 45.4 Å². The summed E-state index contributed by atoms with van der Waals surface area (Å²) in [6, 6.07) is 3.40. The first-order valence-corrected chi connectivity index (χ1v) is 6.14. The van der Waals surface area contributed by atoms with Crippen LogP contribution in [0.5, 0.6) is 5.75 Å². The lowest BCUT2D eigenvalue weighted by molar-refractivity contribution is -0.605. The van der Waals surface area contributed by atoms with Gasteiger partial charge in [-0.1, -0.05) is 39.0 Å². The SMILES string of the molecule is CCCCCCCCOc1cc[n+]([O-])cc1. The van der Waals surface area contributed by atoms with Crippen molar-refractivity contribution in [3.63, 3.8) is 0 Å². The van der Waals surface area contributed by atoms with Crippen LogP contribution in [0.3, 0.4) is 0 Å². The molecule has 90 valence electrons. The molecule has 0 unspecified atom stereocenters. The number of ether oxygens (including phenoxy) is 1. The van der Waals surface area contributed by atoms with Crippen molar-refractivity contribution >= 4 is 0 Å². The average Bonchev–Trinajstić information content (AvgIpc) is 2.30. The molecule has 16 heavy (non-hydrogen) atoms. The fraction of sp³-hybridized carbons (Fsp3) is 0.615. The Hall–Kier alpha value is -1.25. The Bertz CT molecular complexity index is 272. The Kier molecular flexibility index (Phi) is 6.38. The van der Waals surface area contributed by atoms with Gasteiger partial charge in [0.25, 0.3) is 0 Å². The van der Waals surface area contributed by atoms with Crippen molar-refractivity contribution in [2.75, 3.05) is 6.61 Å². The number of pyridine rings is 1. The minimum Gasteiger partial charge on any atom is -0.619 e. The summed E-state index contributed by atoms with van der Waals surface area (Å²) in [6.07, 6.45) is 10.5. The molecule has 0 bridgehead atoms. The summed E-state index contributed by atoms with van der Waals surface area (Å²) in [4.78, 5) is 0. The first-order valence-electron chi connectivity index (χ1n) is 6.14. The van der Waals surface area contributed by atoms with Crippen LogP contribution in [-0.2, 0) is 0 Å². The molecule has 0 spiro atoms.